The van der Waals surface area contributed by atoms with Gasteiger partial charge >= 0.3 is 0 Å². The SMILES string of the molecule is C=CCOc1ccc(C(=O)N(Cc2cccs2)[C@H]2CCS(=O)(=O)C2)cc1. The van der Waals surface area contributed by atoms with Gasteiger partial charge in [-0.2, -0.15) is 0 Å². The summed E-state index contributed by atoms with van der Waals surface area (Å²) in [6.07, 6.45) is 2.14. The van der Waals surface area contributed by atoms with E-state index >= 15 is 0 Å². The third-order valence-electron chi connectivity index (χ3n) is 4.29. The van der Waals surface area contributed by atoms with Crippen LogP contribution in [0.15, 0.2) is 54.4 Å². The van der Waals surface area contributed by atoms with Gasteiger partial charge in [-0.25, -0.2) is 8.42 Å². The lowest BCUT2D eigenvalue weighted by Crippen LogP contribution is -2.40. The minimum atomic E-state index is -3.07. The van der Waals surface area contributed by atoms with Crippen LogP contribution in [0.4, 0.5) is 0 Å². The quantitative estimate of drug-likeness (QED) is 0.680. The second-order valence-corrected chi connectivity index (χ2v) is 9.45. The number of carbonyl (C=O) groups excluding carboxylic acids is 1. The zero-order valence-corrected chi connectivity index (χ0v) is 16.0. The van der Waals surface area contributed by atoms with Gasteiger partial charge in [-0.05, 0) is 42.1 Å². The molecule has 0 bridgehead atoms. The standard InChI is InChI=1S/C19H21NO4S2/c1-2-10-24-17-7-5-15(6-8-17)19(21)20(13-18-4-3-11-25-18)16-9-12-26(22,23)14-16/h2-8,11,16H,1,9-10,12-14H2/t16-/m0/s1. The number of rotatable bonds is 7. The van der Waals surface area contributed by atoms with Crippen molar-refractivity contribution in [2.75, 3.05) is 18.1 Å². The van der Waals surface area contributed by atoms with E-state index in [4.69, 9.17) is 4.74 Å². The second-order valence-electron chi connectivity index (χ2n) is 6.19. The highest BCUT2D eigenvalue weighted by molar-refractivity contribution is 7.91. The molecule has 26 heavy (non-hydrogen) atoms. The van der Waals surface area contributed by atoms with Crippen molar-refractivity contribution >= 4 is 27.1 Å². The highest BCUT2D eigenvalue weighted by atomic mass is 32.2. The summed E-state index contributed by atoms with van der Waals surface area (Å²) in [6.45, 7) is 4.42. The van der Waals surface area contributed by atoms with Gasteiger partial charge in [-0.15, -0.1) is 11.3 Å². The number of benzene rings is 1. The van der Waals surface area contributed by atoms with E-state index in [-0.39, 0.29) is 23.5 Å². The Labute approximate surface area is 157 Å². The molecular weight excluding hydrogens is 370 g/mol. The van der Waals surface area contributed by atoms with Gasteiger partial charge in [0.05, 0.1) is 18.1 Å². The van der Waals surface area contributed by atoms with E-state index in [9.17, 15) is 13.2 Å². The Hall–Kier alpha value is -2.12. The van der Waals surface area contributed by atoms with Crippen LogP contribution >= 0.6 is 11.3 Å². The summed E-state index contributed by atoms with van der Waals surface area (Å²) >= 11 is 1.56. The van der Waals surface area contributed by atoms with Gasteiger partial charge in [-0.3, -0.25) is 4.79 Å². The fourth-order valence-electron chi connectivity index (χ4n) is 2.97. The molecule has 0 aliphatic carbocycles. The fourth-order valence-corrected chi connectivity index (χ4v) is 5.41. The Morgan fingerprint density at radius 2 is 2.08 bits per heavy atom. The van der Waals surface area contributed by atoms with Crippen molar-refractivity contribution in [1.29, 1.82) is 0 Å². The van der Waals surface area contributed by atoms with Crippen LogP contribution < -0.4 is 4.74 Å². The van der Waals surface area contributed by atoms with Gasteiger partial charge in [-0.1, -0.05) is 18.7 Å². The molecule has 2 heterocycles. The summed E-state index contributed by atoms with van der Waals surface area (Å²) in [6, 6.07) is 10.5. The first-order chi connectivity index (χ1) is 12.5. The number of amides is 1. The molecular formula is C19H21NO4S2. The third kappa shape index (κ3) is 4.53. The molecule has 138 valence electrons. The fraction of sp³-hybridized carbons (Fsp3) is 0.316. The molecule has 1 saturated heterocycles. The van der Waals surface area contributed by atoms with Gasteiger partial charge in [0.1, 0.15) is 12.4 Å². The van der Waals surface area contributed by atoms with Crippen molar-refractivity contribution in [3.05, 3.63) is 64.9 Å². The highest BCUT2D eigenvalue weighted by Gasteiger charge is 2.35. The van der Waals surface area contributed by atoms with E-state index in [2.05, 4.69) is 6.58 Å². The predicted octanol–water partition coefficient (Wildman–Crippen LogP) is 3.14. The molecule has 2 aromatic rings. The van der Waals surface area contributed by atoms with E-state index in [1.54, 1.807) is 46.6 Å². The molecule has 1 aliphatic rings. The van der Waals surface area contributed by atoms with Crippen LogP contribution in [0.1, 0.15) is 21.7 Å². The maximum Gasteiger partial charge on any atom is 0.254 e. The summed E-state index contributed by atoms with van der Waals surface area (Å²) in [5, 5.41) is 1.95. The molecule has 0 N–H and O–H groups in total. The van der Waals surface area contributed by atoms with Crippen LogP contribution in [0.25, 0.3) is 0 Å². The lowest BCUT2D eigenvalue weighted by molar-refractivity contribution is 0.0683. The minimum absolute atomic E-state index is 0.0324. The average Bonchev–Trinajstić information content (AvgIpc) is 3.27. The number of hydrogen-bond acceptors (Lipinski definition) is 5. The molecule has 0 saturated carbocycles. The molecule has 1 aliphatic heterocycles. The van der Waals surface area contributed by atoms with E-state index in [1.165, 1.54) is 0 Å². The lowest BCUT2D eigenvalue weighted by Gasteiger charge is -2.28. The van der Waals surface area contributed by atoms with Gasteiger partial charge in [0.25, 0.3) is 5.91 Å². The molecule has 0 unspecified atom stereocenters. The number of carbonyl (C=O) groups is 1. The van der Waals surface area contributed by atoms with Crippen molar-refractivity contribution in [1.82, 2.24) is 4.90 Å². The Morgan fingerprint density at radius 3 is 2.65 bits per heavy atom. The Bertz CT molecular complexity index is 857. The van der Waals surface area contributed by atoms with Crippen LogP contribution in [0.5, 0.6) is 5.75 Å². The van der Waals surface area contributed by atoms with Crippen LogP contribution in [0.2, 0.25) is 0 Å². The van der Waals surface area contributed by atoms with Gasteiger partial charge in [0.15, 0.2) is 9.84 Å². The summed E-state index contributed by atoms with van der Waals surface area (Å²) in [7, 11) is -3.07. The predicted molar refractivity (Wildman–Crippen MR) is 103 cm³/mol. The Balaban J connectivity index is 1.81. The largest absolute Gasteiger partial charge is 0.490 e. The van der Waals surface area contributed by atoms with Gasteiger partial charge < -0.3 is 9.64 Å². The first-order valence-corrected chi connectivity index (χ1v) is 11.1. The molecule has 1 aromatic carbocycles. The number of thiophene rings is 1. The molecule has 0 radical (unpaired) electrons. The normalized spacial score (nSPS) is 18.4. The van der Waals surface area contributed by atoms with Gasteiger partial charge in [0, 0.05) is 16.5 Å². The van der Waals surface area contributed by atoms with Crippen LogP contribution in [-0.4, -0.2) is 43.4 Å². The van der Waals surface area contributed by atoms with Crippen LogP contribution in [-0.2, 0) is 16.4 Å². The first kappa shape index (κ1) is 18.7. The number of hydrogen-bond donors (Lipinski definition) is 0. The molecule has 1 aromatic heterocycles. The summed E-state index contributed by atoms with van der Waals surface area (Å²) < 4.78 is 29.2. The van der Waals surface area contributed by atoms with Crippen molar-refractivity contribution in [3.8, 4) is 5.75 Å². The monoisotopic (exact) mass is 391 g/mol. The second kappa shape index (κ2) is 8.05. The lowest BCUT2D eigenvalue weighted by atomic mass is 10.1. The molecule has 1 atom stereocenters. The van der Waals surface area contributed by atoms with Crippen LogP contribution in [0.3, 0.4) is 0 Å². The van der Waals surface area contributed by atoms with Crippen molar-refractivity contribution < 1.29 is 17.9 Å². The zero-order valence-electron chi connectivity index (χ0n) is 14.3. The smallest absolute Gasteiger partial charge is 0.254 e. The number of ether oxygens (including phenoxy) is 1. The molecule has 1 amide bonds. The number of nitrogens with zero attached hydrogens (tertiary/aromatic N) is 1. The van der Waals surface area contributed by atoms with Gasteiger partial charge in [0.2, 0.25) is 0 Å². The first-order valence-electron chi connectivity index (χ1n) is 8.36. The minimum Gasteiger partial charge on any atom is -0.490 e. The molecule has 7 heteroatoms. The highest BCUT2D eigenvalue weighted by Crippen LogP contribution is 2.24. The average molecular weight is 392 g/mol. The molecule has 0 spiro atoms. The summed E-state index contributed by atoms with van der Waals surface area (Å²) in [5.41, 5.74) is 0.525. The summed E-state index contributed by atoms with van der Waals surface area (Å²) in [5.74, 6) is 0.677. The maximum absolute atomic E-state index is 13.1. The molecule has 3 rings (SSSR count). The maximum atomic E-state index is 13.1. The topological polar surface area (TPSA) is 63.7 Å². The number of sulfone groups is 1. The molecule has 5 nitrogen and oxygen atoms in total. The molecule has 1 fully saturated rings. The summed E-state index contributed by atoms with van der Waals surface area (Å²) in [4.78, 5) is 15.8. The van der Waals surface area contributed by atoms with E-state index in [0.717, 1.165) is 4.88 Å². The Kier molecular flexibility index (Phi) is 5.78. The van der Waals surface area contributed by atoms with Crippen LogP contribution in [0, 0.1) is 0 Å². The van der Waals surface area contributed by atoms with E-state index in [1.807, 2.05) is 17.5 Å². The Morgan fingerprint density at radius 1 is 1.31 bits per heavy atom. The van der Waals surface area contributed by atoms with Crippen molar-refractivity contribution in [2.45, 2.75) is 19.0 Å². The third-order valence-corrected chi connectivity index (χ3v) is 6.90. The van der Waals surface area contributed by atoms with Crippen molar-refractivity contribution in [2.24, 2.45) is 0 Å². The zero-order chi connectivity index (χ0) is 18.6. The van der Waals surface area contributed by atoms with E-state index < -0.39 is 9.84 Å². The van der Waals surface area contributed by atoms with E-state index in [0.29, 0.717) is 30.9 Å². The van der Waals surface area contributed by atoms with Crippen molar-refractivity contribution in [3.63, 3.8) is 0 Å².